The van der Waals surface area contributed by atoms with Gasteiger partial charge in [-0.2, -0.15) is 0 Å². The van der Waals surface area contributed by atoms with E-state index in [0.717, 1.165) is 0 Å². The lowest BCUT2D eigenvalue weighted by Crippen LogP contribution is -2.33. The molecule has 0 fully saturated rings. The van der Waals surface area contributed by atoms with Crippen molar-refractivity contribution in [3.05, 3.63) is 18.2 Å². The zero-order valence-electron chi connectivity index (χ0n) is 7.04. The molecular formula is C8H12N2O3. The third-order valence-corrected chi connectivity index (χ3v) is 2.45. The Morgan fingerprint density at radius 2 is 2.31 bits per heavy atom. The van der Waals surface area contributed by atoms with Crippen LogP contribution in [0.4, 0.5) is 0 Å². The summed E-state index contributed by atoms with van der Waals surface area (Å²) in [6, 6.07) is -0.170. The Bertz CT molecular complexity index is 289. The summed E-state index contributed by atoms with van der Waals surface area (Å²) in [4.78, 5) is 3.93. The van der Waals surface area contributed by atoms with Gasteiger partial charge in [-0.05, 0) is 6.42 Å². The number of nitrogens with zero attached hydrogens (tertiary/aromatic N) is 2. The van der Waals surface area contributed by atoms with Crippen LogP contribution in [0.3, 0.4) is 0 Å². The average Bonchev–Trinajstić information content (AvgIpc) is 2.60. The van der Waals surface area contributed by atoms with Crippen LogP contribution >= 0.6 is 0 Å². The average molecular weight is 184 g/mol. The number of hydrogen-bond acceptors (Lipinski definition) is 4. The van der Waals surface area contributed by atoms with Crippen molar-refractivity contribution in [2.24, 2.45) is 0 Å². The van der Waals surface area contributed by atoms with Crippen molar-refractivity contribution >= 4 is 0 Å². The molecule has 5 nitrogen and oxygen atoms in total. The molecule has 5 heteroatoms. The van der Waals surface area contributed by atoms with Crippen molar-refractivity contribution in [2.75, 3.05) is 6.61 Å². The Morgan fingerprint density at radius 1 is 1.54 bits per heavy atom. The maximum absolute atomic E-state index is 9.52. The van der Waals surface area contributed by atoms with Gasteiger partial charge in [-0.3, -0.25) is 0 Å². The van der Waals surface area contributed by atoms with Crippen molar-refractivity contribution in [1.29, 1.82) is 0 Å². The highest BCUT2D eigenvalue weighted by Gasteiger charge is 2.32. The number of imidazole rings is 1. The smallest absolute Gasteiger partial charge is 0.140 e. The fourth-order valence-electron chi connectivity index (χ4n) is 1.72. The van der Waals surface area contributed by atoms with Gasteiger partial charge >= 0.3 is 0 Å². The van der Waals surface area contributed by atoms with Crippen LogP contribution in [0.25, 0.3) is 0 Å². The molecule has 2 rings (SSSR count). The number of aliphatic hydroxyl groups excluding tert-OH is 3. The van der Waals surface area contributed by atoms with Gasteiger partial charge in [0.25, 0.3) is 0 Å². The van der Waals surface area contributed by atoms with E-state index in [0.29, 0.717) is 12.2 Å². The van der Waals surface area contributed by atoms with Gasteiger partial charge in [-0.1, -0.05) is 0 Å². The van der Waals surface area contributed by atoms with Crippen LogP contribution in [0.5, 0.6) is 0 Å². The second kappa shape index (κ2) is 3.10. The van der Waals surface area contributed by atoms with E-state index in [4.69, 9.17) is 5.11 Å². The first-order chi connectivity index (χ1) is 6.24. The van der Waals surface area contributed by atoms with Crippen molar-refractivity contribution in [3.8, 4) is 0 Å². The normalized spacial score (nSPS) is 33.0. The first-order valence-electron chi connectivity index (χ1n) is 4.23. The highest BCUT2D eigenvalue weighted by atomic mass is 16.3. The van der Waals surface area contributed by atoms with E-state index in [1.165, 1.54) is 0 Å². The minimum Gasteiger partial charge on any atom is -0.394 e. The largest absolute Gasteiger partial charge is 0.394 e. The molecule has 2 heterocycles. The fraction of sp³-hybridized carbons (Fsp3) is 0.625. The molecular weight excluding hydrogens is 172 g/mol. The molecule has 0 aliphatic carbocycles. The van der Waals surface area contributed by atoms with Crippen molar-refractivity contribution in [2.45, 2.75) is 24.7 Å². The monoisotopic (exact) mass is 184 g/mol. The van der Waals surface area contributed by atoms with Gasteiger partial charge in [-0.15, -0.1) is 0 Å². The summed E-state index contributed by atoms with van der Waals surface area (Å²) < 4.78 is 1.71. The summed E-state index contributed by atoms with van der Waals surface area (Å²) in [7, 11) is 0. The zero-order chi connectivity index (χ0) is 9.42. The predicted molar refractivity (Wildman–Crippen MR) is 43.9 cm³/mol. The Morgan fingerprint density at radius 3 is 3.00 bits per heavy atom. The van der Waals surface area contributed by atoms with Gasteiger partial charge in [-0.25, -0.2) is 4.98 Å². The molecule has 0 aromatic carbocycles. The molecule has 1 aliphatic rings. The SMILES string of the molecule is OC[C@@H]1C[C@H](O)[C@@H](O)c2nccn21. The summed E-state index contributed by atoms with van der Waals surface area (Å²) in [6.45, 7) is -0.0485. The maximum Gasteiger partial charge on any atom is 0.140 e. The fourth-order valence-corrected chi connectivity index (χ4v) is 1.72. The zero-order valence-corrected chi connectivity index (χ0v) is 7.04. The van der Waals surface area contributed by atoms with Crippen LogP contribution in [-0.2, 0) is 0 Å². The van der Waals surface area contributed by atoms with E-state index in [1.54, 1.807) is 17.0 Å². The van der Waals surface area contributed by atoms with Crippen molar-refractivity contribution < 1.29 is 15.3 Å². The van der Waals surface area contributed by atoms with Crippen molar-refractivity contribution in [1.82, 2.24) is 9.55 Å². The molecule has 1 aromatic heterocycles. The van der Waals surface area contributed by atoms with E-state index in [-0.39, 0.29) is 12.6 Å². The standard InChI is InChI=1S/C8H12N2O3/c11-4-5-3-6(12)7(13)8-9-1-2-10(5)8/h1-2,5-7,11-13H,3-4H2/t5-,6-,7+/m0/s1. The highest BCUT2D eigenvalue weighted by Crippen LogP contribution is 2.30. The Kier molecular flexibility index (Phi) is 2.07. The summed E-state index contributed by atoms with van der Waals surface area (Å²) in [5, 5.41) is 28.0. The second-order valence-corrected chi connectivity index (χ2v) is 3.28. The van der Waals surface area contributed by atoms with E-state index in [1.807, 2.05) is 0 Å². The van der Waals surface area contributed by atoms with Crippen LogP contribution in [0.1, 0.15) is 24.4 Å². The third kappa shape index (κ3) is 1.25. The van der Waals surface area contributed by atoms with Gasteiger partial charge in [0, 0.05) is 12.4 Å². The summed E-state index contributed by atoms with van der Waals surface area (Å²) >= 11 is 0. The molecule has 0 bridgehead atoms. The second-order valence-electron chi connectivity index (χ2n) is 3.28. The summed E-state index contributed by atoms with van der Waals surface area (Å²) in [6.07, 6.45) is 1.86. The van der Waals surface area contributed by atoms with E-state index < -0.39 is 12.2 Å². The number of rotatable bonds is 1. The Labute approximate surface area is 75.3 Å². The lowest BCUT2D eigenvalue weighted by molar-refractivity contribution is -0.0256. The van der Waals surface area contributed by atoms with Gasteiger partial charge in [0.15, 0.2) is 0 Å². The van der Waals surface area contributed by atoms with Crippen LogP contribution in [0.2, 0.25) is 0 Å². The summed E-state index contributed by atoms with van der Waals surface area (Å²) in [5.74, 6) is 0.429. The Balaban J connectivity index is 2.38. The number of hydrogen-bond donors (Lipinski definition) is 3. The molecule has 0 amide bonds. The molecule has 0 spiro atoms. The van der Waals surface area contributed by atoms with Gasteiger partial charge in [0.05, 0.1) is 18.8 Å². The van der Waals surface area contributed by atoms with Gasteiger partial charge in [0.2, 0.25) is 0 Å². The van der Waals surface area contributed by atoms with Gasteiger partial charge in [0.1, 0.15) is 11.9 Å². The van der Waals surface area contributed by atoms with E-state index >= 15 is 0 Å². The number of aromatic nitrogens is 2. The minimum atomic E-state index is -0.933. The lowest BCUT2D eigenvalue weighted by atomic mass is 10.00. The molecule has 0 unspecified atom stereocenters. The highest BCUT2D eigenvalue weighted by molar-refractivity contribution is 5.05. The lowest BCUT2D eigenvalue weighted by Gasteiger charge is -2.30. The first kappa shape index (κ1) is 8.68. The Hall–Kier alpha value is -0.910. The van der Waals surface area contributed by atoms with Crippen LogP contribution in [0, 0.1) is 0 Å². The molecule has 1 aromatic rings. The summed E-state index contributed by atoms with van der Waals surface area (Å²) in [5.41, 5.74) is 0. The first-order valence-corrected chi connectivity index (χ1v) is 4.23. The quantitative estimate of drug-likeness (QED) is 0.534. The molecule has 72 valence electrons. The van der Waals surface area contributed by atoms with Crippen LogP contribution in [0.15, 0.2) is 12.4 Å². The maximum atomic E-state index is 9.52. The molecule has 3 atom stereocenters. The molecule has 0 saturated carbocycles. The molecule has 0 saturated heterocycles. The van der Waals surface area contributed by atoms with Crippen LogP contribution in [-0.4, -0.2) is 37.6 Å². The molecule has 0 radical (unpaired) electrons. The minimum absolute atomic E-state index is 0.0485. The van der Waals surface area contributed by atoms with Gasteiger partial charge < -0.3 is 19.9 Å². The van der Waals surface area contributed by atoms with E-state index in [2.05, 4.69) is 4.98 Å². The molecule has 1 aliphatic heterocycles. The third-order valence-electron chi connectivity index (χ3n) is 2.45. The number of aliphatic hydroxyl groups is 3. The predicted octanol–water partition coefficient (Wildman–Crippen LogP) is -0.786. The van der Waals surface area contributed by atoms with E-state index in [9.17, 15) is 10.2 Å². The van der Waals surface area contributed by atoms with Crippen molar-refractivity contribution in [3.63, 3.8) is 0 Å². The molecule has 13 heavy (non-hydrogen) atoms. The number of fused-ring (bicyclic) bond motifs is 1. The van der Waals surface area contributed by atoms with Crippen LogP contribution < -0.4 is 0 Å². The topological polar surface area (TPSA) is 78.5 Å². The molecule has 3 N–H and O–H groups in total.